The van der Waals surface area contributed by atoms with Crippen LogP contribution in [0, 0.1) is 12.3 Å². The Labute approximate surface area is 168 Å². The first-order chi connectivity index (χ1) is 12.6. The number of halogens is 1. The summed E-state index contributed by atoms with van der Waals surface area (Å²) in [4.78, 5) is 7.21. The molecule has 1 saturated carbocycles. The third-order valence-electron chi connectivity index (χ3n) is 6.31. The predicted molar refractivity (Wildman–Crippen MR) is 110 cm³/mol. The van der Waals surface area contributed by atoms with Gasteiger partial charge < -0.3 is 14.6 Å². The van der Waals surface area contributed by atoms with Gasteiger partial charge in [0.2, 0.25) is 0 Å². The number of piperidine rings is 1. The zero-order valence-electron chi connectivity index (χ0n) is 16.6. The van der Waals surface area contributed by atoms with Gasteiger partial charge in [-0.05, 0) is 61.9 Å². The summed E-state index contributed by atoms with van der Waals surface area (Å²) in [5.41, 5.74) is 3.02. The molecule has 1 aromatic heterocycles. The highest BCUT2D eigenvalue weighted by atomic mass is 35.5. The third-order valence-corrected chi connectivity index (χ3v) is 6.31. The minimum absolute atomic E-state index is 0. The van der Waals surface area contributed by atoms with Gasteiger partial charge in [0.15, 0.2) is 0 Å². The Hall–Kier alpha value is -1.56. The lowest BCUT2D eigenvalue weighted by Gasteiger charge is -2.29. The molecule has 1 aliphatic heterocycles. The number of aryl methyl sites for hydroxylation is 2. The molecule has 1 atom stereocenters. The molecule has 2 fully saturated rings. The summed E-state index contributed by atoms with van der Waals surface area (Å²) in [6.45, 7) is 6.26. The van der Waals surface area contributed by atoms with Crippen LogP contribution in [0.2, 0.25) is 0 Å². The van der Waals surface area contributed by atoms with Crippen LogP contribution in [-0.4, -0.2) is 40.7 Å². The molecule has 27 heavy (non-hydrogen) atoms. The number of imidazole rings is 1. The molecule has 2 aromatic rings. The van der Waals surface area contributed by atoms with Gasteiger partial charge in [-0.2, -0.15) is 0 Å². The van der Waals surface area contributed by atoms with E-state index in [1.54, 1.807) is 7.11 Å². The molecule has 1 saturated heterocycles. The van der Waals surface area contributed by atoms with Gasteiger partial charge in [0.1, 0.15) is 11.6 Å². The lowest BCUT2D eigenvalue weighted by atomic mass is 9.93. The smallest absolute Gasteiger partial charge is 0.122 e. The van der Waals surface area contributed by atoms with Crippen LogP contribution in [0.15, 0.2) is 30.6 Å². The summed E-state index contributed by atoms with van der Waals surface area (Å²) in [5.74, 6) is 2.12. The molecule has 5 nitrogen and oxygen atoms in total. The summed E-state index contributed by atoms with van der Waals surface area (Å²) >= 11 is 0. The Morgan fingerprint density at radius 3 is 2.74 bits per heavy atom. The second-order valence-electron chi connectivity index (χ2n) is 8.00. The van der Waals surface area contributed by atoms with E-state index in [9.17, 15) is 0 Å². The van der Waals surface area contributed by atoms with Crippen molar-refractivity contribution >= 4 is 12.4 Å². The van der Waals surface area contributed by atoms with Crippen molar-refractivity contribution in [1.29, 1.82) is 0 Å². The number of aromatic nitrogens is 2. The quantitative estimate of drug-likeness (QED) is 0.821. The number of hydrogen-bond acceptors (Lipinski definition) is 4. The number of benzene rings is 1. The number of rotatable bonds is 6. The maximum atomic E-state index is 5.53. The van der Waals surface area contributed by atoms with Gasteiger partial charge >= 0.3 is 0 Å². The molecule has 6 heteroatoms. The van der Waals surface area contributed by atoms with Crippen LogP contribution >= 0.6 is 12.4 Å². The number of nitrogens with one attached hydrogen (secondary N) is 1. The third kappa shape index (κ3) is 4.15. The maximum absolute atomic E-state index is 5.53. The van der Waals surface area contributed by atoms with E-state index in [4.69, 9.17) is 4.74 Å². The Morgan fingerprint density at radius 1 is 1.30 bits per heavy atom. The normalized spacial score (nSPS) is 20.5. The minimum Gasteiger partial charge on any atom is -0.496 e. The molecule has 1 aliphatic carbocycles. The van der Waals surface area contributed by atoms with E-state index in [0.29, 0.717) is 11.5 Å². The fourth-order valence-corrected chi connectivity index (χ4v) is 4.51. The molecule has 1 unspecified atom stereocenters. The van der Waals surface area contributed by atoms with Crippen LogP contribution in [0.25, 0.3) is 0 Å². The molecule has 1 N–H and O–H groups in total. The van der Waals surface area contributed by atoms with Crippen LogP contribution < -0.4 is 10.1 Å². The zero-order chi connectivity index (χ0) is 18.1. The summed E-state index contributed by atoms with van der Waals surface area (Å²) in [5, 5.41) is 3.51. The number of ether oxygens (including phenoxy) is 1. The van der Waals surface area contributed by atoms with E-state index < -0.39 is 0 Å². The molecule has 0 radical (unpaired) electrons. The van der Waals surface area contributed by atoms with Crippen LogP contribution in [0.1, 0.15) is 36.2 Å². The molecule has 2 heterocycles. The topological polar surface area (TPSA) is 42.3 Å². The van der Waals surface area contributed by atoms with Gasteiger partial charge in [-0.1, -0.05) is 12.1 Å². The van der Waals surface area contributed by atoms with E-state index in [1.807, 2.05) is 12.4 Å². The van der Waals surface area contributed by atoms with Crippen LogP contribution in [-0.2, 0) is 20.1 Å². The Bertz CT molecular complexity index is 769. The molecule has 0 bridgehead atoms. The van der Waals surface area contributed by atoms with Crippen LogP contribution in [0.5, 0.6) is 5.75 Å². The second-order valence-corrected chi connectivity index (χ2v) is 8.00. The fourth-order valence-electron chi connectivity index (χ4n) is 4.51. The highest BCUT2D eigenvalue weighted by Gasteiger charge is 2.56. The van der Waals surface area contributed by atoms with E-state index in [-0.39, 0.29) is 12.4 Å². The molecule has 1 spiro atoms. The Morgan fingerprint density at radius 2 is 2.07 bits per heavy atom. The largest absolute Gasteiger partial charge is 0.496 e. The lowest BCUT2D eigenvalue weighted by Crippen LogP contribution is -2.36. The summed E-state index contributed by atoms with van der Waals surface area (Å²) in [7, 11) is 3.84. The van der Waals surface area contributed by atoms with Crippen molar-refractivity contribution in [1.82, 2.24) is 19.8 Å². The van der Waals surface area contributed by atoms with Crippen LogP contribution in [0.3, 0.4) is 0 Å². The molecular weight excluding hydrogens is 360 g/mol. The molecule has 2 aliphatic rings. The number of nitrogens with zero attached hydrogens (tertiary/aromatic N) is 3. The van der Waals surface area contributed by atoms with E-state index in [1.165, 1.54) is 30.4 Å². The van der Waals surface area contributed by atoms with E-state index >= 15 is 0 Å². The monoisotopic (exact) mass is 390 g/mol. The average Bonchev–Trinajstić information content (AvgIpc) is 3.18. The van der Waals surface area contributed by atoms with Crippen molar-refractivity contribution in [2.24, 2.45) is 12.5 Å². The van der Waals surface area contributed by atoms with Gasteiger partial charge in [-0.15, -0.1) is 12.4 Å². The van der Waals surface area contributed by atoms with Crippen molar-refractivity contribution < 1.29 is 4.74 Å². The predicted octanol–water partition coefficient (Wildman–Crippen LogP) is 3.30. The zero-order valence-corrected chi connectivity index (χ0v) is 17.4. The summed E-state index contributed by atoms with van der Waals surface area (Å²) in [6.07, 6.45) is 7.85. The highest BCUT2D eigenvalue weighted by molar-refractivity contribution is 5.85. The van der Waals surface area contributed by atoms with E-state index in [0.717, 1.165) is 37.8 Å². The maximum Gasteiger partial charge on any atom is 0.122 e. The lowest BCUT2D eigenvalue weighted by molar-refractivity contribution is 0.182. The van der Waals surface area contributed by atoms with Crippen LogP contribution in [0.4, 0.5) is 0 Å². The molecule has 148 valence electrons. The molecule has 0 amide bonds. The Kier molecular flexibility index (Phi) is 6.14. The van der Waals surface area contributed by atoms with Gasteiger partial charge in [0.25, 0.3) is 0 Å². The minimum atomic E-state index is 0. The van der Waals surface area contributed by atoms with Crippen molar-refractivity contribution in [2.45, 2.75) is 45.3 Å². The van der Waals surface area contributed by atoms with Crippen molar-refractivity contribution in [2.75, 3.05) is 20.2 Å². The number of hydrogen-bond donors (Lipinski definition) is 1. The van der Waals surface area contributed by atoms with Crippen molar-refractivity contribution in [3.63, 3.8) is 0 Å². The average molecular weight is 391 g/mol. The molecule has 1 aromatic carbocycles. The second kappa shape index (κ2) is 8.21. The standard InChI is InChI=1S/C21H30N4O.ClH/c1-16-4-5-17(12-18(16)26-3)14-25(15-20-23-10-11-24(20)2)19-13-21(19)6-8-22-9-7-21;/h4-5,10-12,19,22H,6-9,13-15H2,1-3H3;1H. The van der Waals surface area contributed by atoms with Gasteiger partial charge in [0, 0.05) is 32.0 Å². The van der Waals surface area contributed by atoms with Crippen molar-refractivity contribution in [3.8, 4) is 5.75 Å². The van der Waals surface area contributed by atoms with Gasteiger partial charge in [-0.3, -0.25) is 4.90 Å². The van der Waals surface area contributed by atoms with Gasteiger partial charge in [-0.25, -0.2) is 4.98 Å². The Balaban J connectivity index is 0.00000210. The SMILES string of the molecule is COc1cc(CN(Cc2nccn2C)C2CC23CCNCC3)ccc1C.Cl. The first kappa shape index (κ1) is 20.2. The molecule has 4 rings (SSSR count). The first-order valence-corrected chi connectivity index (χ1v) is 9.66. The van der Waals surface area contributed by atoms with E-state index in [2.05, 4.69) is 51.9 Å². The number of methoxy groups -OCH3 is 1. The fraction of sp³-hybridized carbons (Fsp3) is 0.571. The summed E-state index contributed by atoms with van der Waals surface area (Å²) in [6, 6.07) is 7.26. The van der Waals surface area contributed by atoms with Crippen molar-refractivity contribution in [3.05, 3.63) is 47.5 Å². The molecular formula is C21H31ClN4O. The van der Waals surface area contributed by atoms with Gasteiger partial charge in [0.05, 0.1) is 13.7 Å². The highest BCUT2D eigenvalue weighted by Crippen LogP contribution is 2.56. The first-order valence-electron chi connectivity index (χ1n) is 9.66. The summed E-state index contributed by atoms with van der Waals surface area (Å²) < 4.78 is 7.67.